The number of piperidine rings is 2. The van der Waals surface area contributed by atoms with Crippen LogP contribution in [-0.4, -0.2) is 61.9 Å². The number of benzene rings is 2. The Morgan fingerprint density at radius 3 is 2.03 bits per heavy atom. The molecule has 1 aliphatic carbocycles. The maximum Gasteiger partial charge on any atom is 0.254 e. The zero-order chi connectivity index (χ0) is 26.9. The Balaban J connectivity index is 1.17. The van der Waals surface area contributed by atoms with Crippen molar-refractivity contribution in [2.45, 2.75) is 56.8 Å². The molecule has 0 unspecified atom stereocenters. The summed E-state index contributed by atoms with van der Waals surface area (Å²) in [4.78, 5) is 32.3. The van der Waals surface area contributed by atoms with Crippen molar-refractivity contribution in [1.82, 2.24) is 9.80 Å². The summed E-state index contributed by atoms with van der Waals surface area (Å²) in [6.07, 6.45) is 8.46. The van der Waals surface area contributed by atoms with Gasteiger partial charge in [-0.2, -0.15) is 0 Å². The van der Waals surface area contributed by atoms with Crippen LogP contribution in [0.3, 0.4) is 0 Å². The highest BCUT2D eigenvalue weighted by Gasteiger charge is 2.46. The van der Waals surface area contributed by atoms with Crippen molar-refractivity contribution >= 4 is 40.7 Å². The summed E-state index contributed by atoms with van der Waals surface area (Å²) in [6, 6.07) is 13.7. The second kappa shape index (κ2) is 11.5. The molecule has 2 aromatic carbocycles. The van der Waals surface area contributed by atoms with E-state index in [0.29, 0.717) is 28.3 Å². The quantitative estimate of drug-likeness (QED) is 0.414. The van der Waals surface area contributed by atoms with Crippen molar-refractivity contribution in [3.05, 3.63) is 63.6 Å². The SMILES string of the molecule is CN(C)C(=O)c1ccc(N2CCC(C3CCN(C(=O)C4(c5ccccc5Cl)CCCC4)CC3)CC2)cc1Cl. The summed E-state index contributed by atoms with van der Waals surface area (Å²) in [5, 5.41) is 1.24. The van der Waals surface area contributed by atoms with Gasteiger partial charge in [-0.15, -0.1) is 0 Å². The molecule has 204 valence electrons. The number of hydrogen-bond acceptors (Lipinski definition) is 3. The molecule has 3 fully saturated rings. The van der Waals surface area contributed by atoms with E-state index in [4.69, 9.17) is 23.2 Å². The van der Waals surface area contributed by atoms with Crippen LogP contribution in [0.15, 0.2) is 42.5 Å². The third-order valence-electron chi connectivity index (χ3n) is 9.24. The summed E-state index contributed by atoms with van der Waals surface area (Å²) < 4.78 is 0. The molecule has 2 heterocycles. The van der Waals surface area contributed by atoms with Gasteiger partial charge in [0.15, 0.2) is 0 Å². The number of rotatable bonds is 5. The first-order valence-corrected chi connectivity index (χ1v) is 14.9. The molecular formula is C31H39Cl2N3O2. The third kappa shape index (κ3) is 5.29. The molecule has 5 nitrogen and oxygen atoms in total. The number of hydrogen-bond donors (Lipinski definition) is 0. The van der Waals surface area contributed by atoms with E-state index in [1.807, 2.05) is 36.4 Å². The molecule has 38 heavy (non-hydrogen) atoms. The molecular weight excluding hydrogens is 517 g/mol. The highest BCUT2D eigenvalue weighted by molar-refractivity contribution is 6.34. The summed E-state index contributed by atoms with van der Waals surface area (Å²) in [5.74, 6) is 1.59. The van der Waals surface area contributed by atoms with Crippen molar-refractivity contribution in [1.29, 1.82) is 0 Å². The maximum atomic E-state index is 13.9. The highest BCUT2D eigenvalue weighted by Crippen LogP contribution is 2.46. The zero-order valence-corrected chi connectivity index (χ0v) is 24.1. The lowest BCUT2D eigenvalue weighted by molar-refractivity contribution is -0.139. The fraction of sp³-hybridized carbons (Fsp3) is 0.548. The van der Waals surface area contributed by atoms with Crippen molar-refractivity contribution in [2.24, 2.45) is 11.8 Å². The lowest BCUT2D eigenvalue weighted by Gasteiger charge is -2.43. The predicted octanol–water partition coefficient (Wildman–Crippen LogP) is 6.66. The Labute approximate surface area is 237 Å². The third-order valence-corrected chi connectivity index (χ3v) is 9.89. The maximum absolute atomic E-state index is 13.9. The average Bonchev–Trinajstić information content (AvgIpc) is 3.43. The summed E-state index contributed by atoms with van der Waals surface area (Å²) in [6.45, 7) is 3.70. The molecule has 1 saturated carbocycles. The predicted molar refractivity (Wildman–Crippen MR) is 155 cm³/mol. The smallest absolute Gasteiger partial charge is 0.254 e. The zero-order valence-electron chi connectivity index (χ0n) is 22.6. The first-order chi connectivity index (χ1) is 18.3. The van der Waals surface area contributed by atoms with Crippen LogP contribution in [0.4, 0.5) is 5.69 Å². The fourth-order valence-corrected chi connectivity index (χ4v) is 7.62. The normalized spacial score (nSPS) is 20.5. The minimum atomic E-state index is -0.440. The van der Waals surface area contributed by atoms with Crippen LogP contribution in [0.1, 0.15) is 67.3 Å². The van der Waals surface area contributed by atoms with Gasteiger partial charge in [-0.25, -0.2) is 0 Å². The number of nitrogens with zero attached hydrogens (tertiary/aromatic N) is 3. The Kier molecular flexibility index (Phi) is 8.25. The Hall–Kier alpha value is -2.24. The molecule has 2 aliphatic heterocycles. The van der Waals surface area contributed by atoms with Crippen LogP contribution in [0.2, 0.25) is 10.0 Å². The minimum absolute atomic E-state index is 0.0733. The monoisotopic (exact) mass is 555 g/mol. The summed E-state index contributed by atoms with van der Waals surface area (Å²) in [7, 11) is 3.48. The van der Waals surface area contributed by atoms with Gasteiger partial charge in [0.05, 0.1) is 16.0 Å². The van der Waals surface area contributed by atoms with Gasteiger partial charge in [0, 0.05) is 51.0 Å². The van der Waals surface area contributed by atoms with E-state index in [1.165, 1.54) is 0 Å². The molecule has 0 bridgehead atoms. The number of likely N-dealkylation sites (tertiary alicyclic amines) is 1. The highest BCUT2D eigenvalue weighted by atomic mass is 35.5. The molecule has 0 spiro atoms. The molecule has 0 atom stereocenters. The first kappa shape index (κ1) is 27.3. The van der Waals surface area contributed by atoms with Crippen LogP contribution in [0.5, 0.6) is 0 Å². The molecule has 0 aromatic heterocycles. The van der Waals surface area contributed by atoms with Gasteiger partial charge in [0.2, 0.25) is 5.91 Å². The van der Waals surface area contributed by atoms with Gasteiger partial charge in [0.25, 0.3) is 5.91 Å². The number of amides is 2. The van der Waals surface area contributed by atoms with Gasteiger partial charge in [-0.1, -0.05) is 54.2 Å². The average molecular weight is 557 g/mol. The second-order valence-corrected chi connectivity index (χ2v) is 12.4. The van der Waals surface area contributed by atoms with Crippen molar-refractivity contribution < 1.29 is 9.59 Å². The molecule has 0 N–H and O–H groups in total. The Morgan fingerprint density at radius 1 is 0.842 bits per heavy atom. The van der Waals surface area contributed by atoms with Gasteiger partial charge in [-0.05, 0) is 80.2 Å². The van der Waals surface area contributed by atoms with Crippen LogP contribution in [0, 0.1) is 11.8 Å². The number of carbonyl (C=O) groups excluding carboxylic acids is 2. The van der Waals surface area contributed by atoms with Crippen molar-refractivity contribution in [2.75, 3.05) is 45.2 Å². The summed E-state index contributed by atoms with van der Waals surface area (Å²) in [5.41, 5.74) is 2.22. The van der Waals surface area contributed by atoms with Gasteiger partial charge in [-0.3, -0.25) is 9.59 Å². The van der Waals surface area contributed by atoms with Crippen LogP contribution >= 0.6 is 23.2 Å². The topological polar surface area (TPSA) is 43.9 Å². The van der Waals surface area contributed by atoms with Crippen LogP contribution in [-0.2, 0) is 10.2 Å². The molecule has 7 heteroatoms. The lowest BCUT2D eigenvalue weighted by atomic mass is 9.75. The van der Waals surface area contributed by atoms with Crippen LogP contribution < -0.4 is 4.90 Å². The van der Waals surface area contributed by atoms with E-state index in [9.17, 15) is 9.59 Å². The first-order valence-electron chi connectivity index (χ1n) is 14.1. The van der Waals surface area contributed by atoms with E-state index in [1.54, 1.807) is 19.0 Å². The van der Waals surface area contributed by atoms with E-state index in [0.717, 1.165) is 93.8 Å². The molecule has 0 radical (unpaired) electrons. The van der Waals surface area contributed by atoms with Gasteiger partial charge < -0.3 is 14.7 Å². The standard InChI is InChI=1S/C31H39Cl2N3O2/c1-34(2)29(37)25-10-9-24(21-28(25)33)35-17-11-22(12-18-35)23-13-19-36(20-14-23)30(38)31(15-5-6-16-31)26-7-3-4-8-27(26)32/h3-4,7-10,21-23H,5-6,11-20H2,1-2H3. The van der Waals surface area contributed by atoms with E-state index >= 15 is 0 Å². The Morgan fingerprint density at radius 2 is 1.45 bits per heavy atom. The van der Waals surface area contributed by atoms with E-state index in [2.05, 4.69) is 15.9 Å². The second-order valence-electron chi connectivity index (χ2n) is 11.6. The van der Waals surface area contributed by atoms with Crippen molar-refractivity contribution in [3.8, 4) is 0 Å². The van der Waals surface area contributed by atoms with Gasteiger partial charge >= 0.3 is 0 Å². The Bertz CT molecular complexity index is 1160. The van der Waals surface area contributed by atoms with Crippen molar-refractivity contribution in [3.63, 3.8) is 0 Å². The number of carbonyl (C=O) groups is 2. The van der Waals surface area contributed by atoms with Crippen LogP contribution in [0.25, 0.3) is 0 Å². The molecule has 2 aromatic rings. The largest absolute Gasteiger partial charge is 0.371 e. The summed E-state index contributed by atoms with van der Waals surface area (Å²) >= 11 is 13.1. The molecule has 2 saturated heterocycles. The minimum Gasteiger partial charge on any atom is -0.371 e. The van der Waals surface area contributed by atoms with E-state index in [-0.39, 0.29) is 5.91 Å². The molecule has 5 rings (SSSR count). The number of halogens is 2. The lowest BCUT2D eigenvalue weighted by Crippen LogP contribution is -2.49. The van der Waals surface area contributed by atoms with Gasteiger partial charge in [0.1, 0.15) is 0 Å². The fourth-order valence-electron chi connectivity index (χ4n) is 7.05. The van der Waals surface area contributed by atoms with E-state index < -0.39 is 5.41 Å². The number of anilines is 1. The molecule has 3 aliphatic rings. The molecule has 2 amide bonds.